The molecule has 28 heavy (non-hydrogen) atoms. The molecule has 2 aromatic rings. The molecule has 0 saturated carbocycles. The normalized spacial score (nSPS) is 16.8. The van der Waals surface area contributed by atoms with Gasteiger partial charge < -0.3 is 14.9 Å². The first-order chi connectivity index (χ1) is 13.5. The van der Waals surface area contributed by atoms with Crippen molar-refractivity contribution in [2.75, 3.05) is 32.9 Å². The van der Waals surface area contributed by atoms with Gasteiger partial charge in [0, 0.05) is 18.7 Å². The number of aliphatic hydroxyl groups is 2. The van der Waals surface area contributed by atoms with Crippen molar-refractivity contribution in [1.82, 2.24) is 4.31 Å². The second-order valence-corrected chi connectivity index (χ2v) is 8.40. The lowest BCUT2D eigenvalue weighted by atomic mass is 10.1. The number of rotatable bonds is 9. The summed E-state index contributed by atoms with van der Waals surface area (Å²) in [6.45, 7) is -0.274. The molecule has 150 valence electrons. The fraction of sp³-hybridized carbons (Fsp3) is 0.350. The number of ether oxygens (including phenoxy) is 1. The lowest BCUT2D eigenvalue weighted by molar-refractivity contribution is 0.217. The molecule has 3 rings (SSSR count). The van der Waals surface area contributed by atoms with Crippen LogP contribution in [0.3, 0.4) is 0 Å². The second kappa shape index (κ2) is 9.29. The topological polar surface area (TPSA) is 99.4 Å². The Morgan fingerprint density at radius 3 is 2.25 bits per heavy atom. The molecule has 2 N–H and O–H groups in total. The molecule has 1 heterocycles. The standard InChI is InChI=1S/C20H24N2O5S/c23-12-10-22(11-13-24)28(25,26)19-8-6-17(7-9-19)20-21-18(15-27-20)14-16-4-2-1-3-5-16/h1-9,18,23-24H,10-15H2/t18-/m1/s1. The maximum Gasteiger partial charge on any atom is 0.243 e. The Bertz CT molecular complexity index is 892. The summed E-state index contributed by atoms with van der Waals surface area (Å²) in [6, 6.07) is 16.4. The van der Waals surface area contributed by atoms with E-state index in [2.05, 4.69) is 17.1 Å². The molecular weight excluding hydrogens is 380 g/mol. The predicted octanol–water partition coefficient (Wildman–Crippen LogP) is 1.05. The average Bonchev–Trinajstić information content (AvgIpc) is 3.17. The summed E-state index contributed by atoms with van der Waals surface area (Å²) in [4.78, 5) is 4.70. The number of sulfonamides is 1. The van der Waals surface area contributed by atoms with E-state index in [0.717, 1.165) is 10.7 Å². The van der Waals surface area contributed by atoms with E-state index >= 15 is 0 Å². The molecule has 8 heteroatoms. The zero-order valence-corrected chi connectivity index (χ0v) is 16.3. The summed E-state index contributed by atoms with van der Waals surface area (Å²) < 4.78 is 32.0. The van der Waals surface area contributed by atoms with E-state index in [0.29, 0.717) is 18.1 Å². The number of benzene rings is 2. The van der Waals surface area contributed by atoms with E-state index in [1.165, 1.54) is 17.7 Å². The first-order valence-corrected chi connectivity index (χ1v) is 10.6. The van der Waals surface area contributed by atoms with Crippen LogP contribution in [0.2, 0.25) is 0 Å². The van der Waals surface area contributed by atoms with E-state index < -0.39 is 10.0 Å². The Morgan fingerprint density at radius 2 is 1.64 bits per heavy atom. The summed E-state index contributed by atoms with van der Waals surface area (Å²) in [7, 11) is -3.78. The van der Waals surface area contributed by atoms with Crippen LogP contribution in [0.5, 0.6) is 0 Å². The molecule has 0 bridgehead atoms. The van der Waals surface area contributed by atoms with Crippen molar-refractivity contribution in [2.45, 2.75) is 17.4 Å². The van der Waals surface area contributed by atoms with Crippen molar-refractivity contribution in [3.8, 4) is 0 Å². The fourth-order valence-corrected chi connectivity index (χ4v) is 4.48. The van der Waals surface area contributed by atoms with Gasteiger partial charge in [0.25, 0.3) is 0 Å². The third kappa shape index (κ3) is 4.77. The summed E-state index contributed by atoms with van der Waals surface area (Å²) >= 11 is 0. The molecule has 2 aromatic carbocycles. The van der Waals surface area contributed by atoms with Crippen LogP contribution >= 0.6 is 0 Å². The van der Waals surface area contributed by atoms with Crippen molar-refractivity contribution in [2.24, 2.45) is 4.99 Å². The summed E-state index contributed by atoms with van der Waals surface area (Å²) in [5.41, 5.74) is 1.90. The highest BCUT2D eigenvalue weighted by Gasteiger charge is 2.25. The van der Waals surface area contributed by atoms with Crippen LogP contribution in [0.15, 0.2) is 64.5 Å². The van der Waals surface area contributed by atoms with Gasteiger partial charge in [-0.25, -0.2) is 13.4 Å². The van der Waals surface area contributed by atoms with Gasteiger partial charge in [0.2, 0.25) is 15.9 Å². The monoisotopic (exact) mass is 404 g/mol. The Balaban J connectivity index is 1.73. The predicted molar refractivity (Wildman–Crippen MR) is 106 cm³/mol. The average molecular weight is 404 g/mol. The number of hydrogen-bond donors (Lipinski definition) is 2. The van der Waals surface area contributed by atoms with Crippen LogP contribution in [0.4, 0.5) is 0 Å². The number of nitrogens with zero attached hydrogens (tertiary/aromatic N) is 2. The summed E-state index contributed by atoms with van der Waals surface area (Å²) in [5, 5.41) is 18.1. The smallest absolute Gasteiger partial charge is 0.243 e. The largest absolute Gasteiger partial charge is 0.475 e. The molecule has 0 aliphatic carbocycles. The van der Waals surface area contributed by atoms with Crippen molar-refractivity contribution < 1.29 is 23.4 Å². The zero-order valence-electron chi connectivity index (χ0n) is 15.4. The molecule has 1 atom stereocenters. The van der Waals surface area contributed by atoms with E-state index in [1.807, 2.05) is 18.2 Å². The van der Waals surface area contributed by atoms with Crippen molar-refractivity contribution >= 4 is 15.9 Å². The maximum absolute atomic E-state index is 12.6. The van der Waals surface area contributed by atoms with Crippen LogP contribution in [0.25, 0.3) is 0 Å². The molecule has 0 fully saturated rings. The van der Waals surface area contributed by atoms with Crippen LogP contribution in [-0.2, 0) is 21.2 Å². The van der Waals surface area contributed by atoms with Crippen molar-refractivity contribution in [1.29, 1.82) is 0 Å². The first kappa shape index (κ1) is 20.5. The SMILES string of the molecule is O=S(=O)(c1ccc(C2=N[C@H](Cc3ccccc3)CO2)cc1)N(CCO)CCO. The molecule has 1 aliphatic heterocycles. The quantitative estimate of drug-likeness (QED) is 0.651. The fourth-order valence-electron chi connectivity index (χ4n) is 3.06. The van der Waals surface area contributed by atoms with Gasteiger partial charge in [-0.15, -0.1) is 0 Å². The van der Waals surface area contributed by atoms with Crippen LogP contribution in [0, 0.1) is 0 Å². The van der Waals surface area contributed by atoms with Gasteiger partial charge in [-0.3, -0.25) is 0 Å². The summed E-state index contributed by atoms with van der Waals surface area (Å²) in [6.07, 6.45) is 0.786. The molecule has 0 saturated heterocycles. The molecule has 0 unspecified atom stereocenters. The van der Waals surface area contributed by atoms with Gasteiger partial charge in [-0.05, 0) is 36.2 Å². The molecule has 0 aromatic heterocycles. The molecule has 0 amide bonds. The van der Waals surface area contributed by atoms with Gasteiger partial charge >= 0.3 is 0 Å². The molecule has 1 aliphatic rings. The van der Waals surface area contributed by atoms with Crippen LogP contribution in [0.1, 0.15) is 11.1 Å². The highest BCUT2D eigenvalue weighted by Crippen LogP contribution is 2.20. The van der Waals surface area contributed by atoms with E-state index in [4.69, 9.17) is 14.9 Å². The molecule has 7 nitrogen and oxygen atoms in total. The first-order valence-electron chi connectivity index (χ1n) is 9.11. The van der Waals surface area contributed by atoms with E-state index in [9.17, 15) is 8.42 Å². The number of hydrogen-bond acceptors (Lipinski definition) is 6. The highest BCUT2D eigenvalue weighted by molar-refractivity contribution is 7.89. The number of aliphatic imine (C=N–C) groups is 1. The van der Waals surface area contributed by atoms with Crippen LogP contribution < -0.4 is 0 Å². The highest BCUT2D eigenvalue weighted by atomic mass is 32.2. The minimum atomic E-state index is -3.78. The molecular formula is C20H24N2O5S. The van der Waals surface area contributed by atoms with Crippen molar-refractivity contribution in [3.63, 3.8) is 0 Å². The van der Waals surface area contributed by atoms with E-state index in [1.54, 1.807) is 12.1 Å². The summed E-state index contributed by atoms with van der Waals surface area (Å²) in [5.74, 6) is 0.507. The van der Waals surface area contributed by atoms with Gasteiger partial charge in [-0.1, -0.05) is 30.3 Å². The lowest BCUT2D eigenvalue weighted by Gasteiger charge is -2.20. The maximum atomic E-state index is 12.6. The third-order valence-electron chi connectivity index (χ3n) is 4.46. The zero-order chi connectivity index (χ0) is 20.0. The Kier molecular flexibility index (Phi) is 6.79. The van der Waals surface area contributed by atoms with E-state index in [-0.39, 0.29) is 37.2 Å². The molecule has 0 spiro atoms. The lowest BCUT2D eigenvalue weighted by Crippen LogP contribution is -2.35. The van der Waals surface area contributed by atoms with Gasteiger partial charge in [0.15, 0.2) is 0 Å². The van der Waals surface area contributed by atoms with Crippen LogP contribution in [-0.4, -0.2) is 67.8 Å². The number of aliphatic hydroxyl groups excluding tert-OH is 2. The van der Waals surface area contributed by atoms with Gasteiger partial charge in [0.05, 0.1) is 24.2 Å². The van der Waals surface area contributed by atoms with Gasteiger partial charge in [0.1, 0.15) is 6.61 Å². The van der Waals surface area contributed by atoms with Gasteiger partial charge in [-0.2, -0.15) is 4.31 Å². The second-order valence-electron chi connectivity index (χ2n) is 6.46. The minimum Gasteiger partial charge on any atom is -0.475 e. The third-order valence-corrected chi connectivity index (χ3v) is 6.38. The Hall–Kier alpha value is -2.26. The Morgan fingerprint density at radius 1 is 1.00 bits per heavy atom. The minimum absolute atomic E-state index is 0.0328. The Labute approximate surface area is 165 Å². The molecule has 0 radical (unpaired) electrons. The van der Waals surface area contributed by atoms with Crippen molar-refractivity contribution in [3.05, 3.63) is 65.7 Å².